The highest BCUT2D eigenvalue weighted by Gasteiger charge is 2.14. The molecule has 0 atom stereocenters. The molecule has 0 aliphatic heterocycles. The van der Waals surface area contributed by atoms with Crippen molar-refractivity contribution in [2.24, 2.45) is 0 Å². The first kappa shape index (κ1) is 13.8. The van der Waals surface area contributed by atoms with Gasteiger partial charge in [0.05, 0.1) is 17.8 Å². The Hall–Kier alpha value is -2.82. The zero-order chi connectivity index (χ0) is 16.0. The molecule has 0 bridgehead atoms. The van der Waals surface area contributed by atoms with Crippen LogP contribution < -0.4 is 4.90 Å². The van der Waals surface area contributed by atoms with Gasteiger partial charge in [-0.15, -0.1) is 0 Å². The van der Waals surface area contributed by atoms with Crippen LogP contribution in [0.15, 0.2) is 46.9 Å². The van der Waals surface area contributed by atoms with E-state index in [-0.39, 0.29) is 0 Å². The van der Waals surface area contributed by atoms with Crippen LogP contribution in [0.1, 0.15) is 17.2 Å². The molecule has 1 aromatic carbocycles. The predicted octanol–water partition coefficient (Wildman–Crippen LogP) is 3.73. The first-order valence-electron chi connectivity index (χ1n) is 7.63. The van der Waals surface area contributed by atoms with E-state index in [2.05, 4.69) is 22.1 Å². The first-order chi connectivity index (χ1) is 11.1. The highest BCUT2D eigenvalue weighted by Crippen LogP contribution is 2.26. The number of rotatable bonds is 3. The number of furan rings is 1. The molecular formula is C18H18N4O. The quantitative estimate of drug-likeness (QED) is 0.578. The highest BCUT2D eigenvalue weighted by atomic mass is 16.3. The van der Waals surface area contributed by atoms with Gasteiger partial charge in [-0.2, -0.15) is 5.10 Å². The standard InChI is InChI=1S/C18H18N4O/c1-12-10-17-19-18(21(3)11-14-9-8-13(2)23-14)15-6-4-5-7-16(15)22(17)20-12/h4-10H,11H2,1-3H3. The number of anilines is 1. The van der Waals surface area contributed by atoms with Crippen molar-refractivity contribution >= 4 is 22.4 Å². The molecule has 5 nitrogen and oxygen atoms in total. The smallest absolute Gasteiger partial charge is 0.158 e. The number of hydrogen-bond acceptors (Lipinski definition) is 4. The van der Waals surface area contributed by atoms with Gasteiger partial charge in [0.1, 0.15) is 17.3 Å². The molecule has 116 valence electrons. The zero-order valence-electron chi connectivity index (χ0n) is 13.4. The van der Waals surface area contributed by atoms with E-state index in [1.54, 1.807) is 0 Å². The largest absolute Gasteiger partial charge is 0.464 e. The molecule has 5 heteroatoms. The monoisotopic (exact) mass is 306 g/mol. The minimum atomic E-state index is 0.675. The summed E-state index contributed by atoms with van der Waals surface area (Å²) >= 11 is 0. The second kappa shape index (κ2) is 5.12. The summed E-state index contributed by atoms with van der Waals surface area (Å²) in [5.74, 6) is 2.79. The van der Waals surface area contributed by atoms with Gasteiger partial charge in [0, 0.05) is 18.5 Å². The third-order valence-corrected chi connectivity index (χ3v) is 3.96. The summed E-state index contributed by atoms with van der Waals surface area (Å²) in [5.41, 5.74) is 2.88. The molecule has 0 saturated heterocycles. The summed E-state index contributed by atoms with van der Waals surface area (Å²) in [7, 11) is 2.03. The molecule has 0 amide bonds. The Morgan fingerprint density at radius 1 is 1.13 bits per heavy atom. The normalized spacial score (nSPS) is 11.4. The topological polar surface area (TPSA) is 46.6 Å². The van der Waals surface area contributed by atoms with E-state index in [0.717, 1.165) is 39.6 Å². The lowest BCUT2D eigenvalue weighted by molar-refractivity contribution is 0.481. The average molecular weight is 306 g/mol. The van der Waals surface area contributed by atoms with Crippen LogP contribution in [-0.4, -0.2) is 21.6 Å². The third kappa shape index (κ3) is 2.34. The predicted molar refractivity (Wildman–Crippen MR) is 90.8 cm³/mol. The Morgan fingerprint density at radius 3 is 2.74 bits per heavy atom. The van der Waals surface area contributed by atoms with E-state index >= 15 is 0 Å². The van der Waals surface area contributed by atoms with Crippen molar-refractivity contribution in [1.29, 1.82) is 0 Å². The maximum absolute atomic E-state index is 5.69. The van der Waals surface area contributed by atoms with Crippen molar-refractivity contribution in [2.75, 3.05) is 11.9 Å². The van der Waals surface area contributed by atoms with Gasteiger partial charge in [-0.3, -0.25) is 0 Å². The lowest BCUT2D eigenvalue weighted by atomic mass is 10.2. The molecule has 0 fully saturated rings. The van der Waals surface area contributed by atoms with E-state index in [9.17, 15) is 0 Å². The van der Waals surface area contributed by atoms with E-state index in [1.807, 2.05) is 55.7 Å². The molecular weight excluding hydrogens is 288 g/mol. The minimum absolute atomic E-state index is 0.675. The molecule has 0 radical (unpaired) electrons. The molecule has 4 rings (SSSR count). The Bertz CT molecular complexity index is 999. The number of aromatic nitrogens is 3. The number of hydrogen-bond donors (Lipinski definition) is 0. The Labute approximate surface area is 134 Å². The molecule has 3 heterocycles. The van der Waals surface area contributed by atoms with E-state index < -0.39 is 0 Å². The average Bonchev–Trinajstić information content (AvgIpc) is 3.11. The van der Waals surface area contributed by atoms with Crippen molar-refractivity contribution < 1.29 is 4.42 Å². The summed E-state index contributed by atoms with van der Waals surface area (Å²) in [6.07, 6.45) is 0. The maximum atomic E-state index is 5.69. The second-order valence-corrected chi connectivity index (χ2v) is 5.88. The van der Waals surface area contributed by atoms with E-state index in [0.29, 0.717) is 6.54 Å². The fourth-order valence-corrected chi connectivity index (χ4v) is 2.93. The van der Waals surface area contributed by atoms with Crippen molar-refractivity contribution in [2.45, 2.75) is 20.4 Å². The molecule has 0 saturated carbocycles. The van der Waals surface area contributed by atoms with Crippen LogP contribution in [0.4, 0.5) is 5.82 Å². The molecule has 0 spiro atoms. The molecule has 0 N–H and O–H groups in total. The number of nitrogens with zero attached hydrogens (tertiary/aromatic N) is 4. The van der Waals surface area contributed by atoms with Gasteiger partial charge in [-0.05, 0) is 38.1 Å². The molecule has 3 aromatic heterocycles. The SMILES string of the molecule is Cc1cc2nc(N(C)Cc3ccc(C)o3)c3ccccc3n2n1. The van der Waals surface area contributed by atoms with Crippen molar-refractivity contribution in [3.63, 3.8) is 0 Å². The summed E-state index contributed by atoms with van der Waals surface area (Å²) in [6, 6.07) is 14.2. The van der Waals surface area contributed by atoms with Crippen LogP contribution in [0.2, 0.25) is 0 Å². The summed E-state index contributed by atoms with van der Waals surface area (Å²) < 4.78 is 7.59. The summed E-state index contributed by atoms with van der Waals surface area (Å²) in [4.78, 5) is 6.93. The van der Waals surface area contributed by atoms with Crippen molar-refractivity contribution in [1.82, 2.24) is 14.6 Å². The molecule has 0 aliphatic carbocycles. The summed E-state index contributed by atoms with van der Waals surface area (Å²) in [6.45, 7) is 4.62. The van der Waals surface area contributed by atoms with Crippen LogP contribution in [0.3, 0.4) is 0 Å². The van der Waals surface area contributed by atoms with Crippen molar-refractivity contribution in [3.05, 3.63) is 59.7 Å². The maximum Gasteiger partial charge on any atom is 0.158 e. The zero-order valence-corrected chi connectivity index (χ0v) is 13.4. The fourth-order valence-electron chi connectivity index (χ4n) is 2.93. The van der Waals surface area contributed by atoms with Crippen LogP contribution in [0, 0.1) is 13.8 Å². The lowest BCUT2D eigenvalue weighted by Crippen LogP contribution is -2.18. The van der Waals surface area contributed by atoms with Gasteiger partial charge in [-0.1, -0.05) is 12.1 Å². The third-order valence-electron chi connectivity index (χ3n) is 3.96. The fraction of sp³-hybridized carbons (Fsp3) is 0.222. The van der Waals surface area contributed by atoms with Crippen LogP contribution in [0.25, 0.3) is 16.6 Å². The van der Waals surface area contributed by atoms with Gasteiger partial charge in [0.25, 0.3) is 0 Å². The molecule has 23 heavy (non-hydrogen) atoms. The number of fused-ring (bicyclic) bond motifs is 3. The number of para-hydroxylation sites is 1. The van der Waals surface area contributed by atoms with E-state index in [4.69, 9.17) is 9.40 Å². The Balaban J connectivity index is 1.86. The second-order valence-electron chi connectivity index (χ2n) is 5.88. The summed E-state index contributed by atoms with van der Waals surface area (Å²) in [5, 5.41) is 5.62. The van der Waals surface area contributed by atoms with E-state index in [1.165, 1.54) is 0 Å². The van der Waals surface area contributed by atoms with Gasteiger partial charge in [0.15, 0.2) is 5.65 Å². The van der Waals surface area contributed by atoms with Crippen LogP contribution in [-0.2, 0) is 6.54 Å². The minimum Gasteiger partial charge on any atom is -0.464 e. The Kier molecular flexibility index (Phi) is 3.08. The number of aryl methyl sites for hydroxylation is 2. The van der Waals surface area contributed by atoms with Gasteiger partial charge in [-0.25, -0.2) is 9.50 Å². The molecule has 0 aliphatic rings. The first-order valence-corrected chi connectivity index (χ1v) is 7.63. The molecule has 0 unspecified atom stereocenters. The van der Waals surface area contributed by atoms with Crippen molar-refractivity contribution in [3.8, 4) is 0 Å². The van der Waals surface area contributed by atoms with Gasteiger partial charge >= 0.3 is 0 Å². The Morgan fingerprint density at radius 2 is 1.96 bits per heavy atom. The molecule has 4 aromatic rings. The highest BCUT2D eigenvalue weighted by molar-refractivity contribution is 5.91. The van der Waals surface area contributed by atoms with Crippen LogP contribution >= 0.6 is 0 Å². The van der Waals surface area contributed by atoms with Gasteiger partial charge < -0.3 is 9.32 Å². The lowest BCUT2D eigenvalue weighted by Gasteiger charge is -2.19. The number of benzene rings is 1. The van der Waals surface area contributed by atoms with Gasteiger partial charge in [0.2, 0.25) is 0 Å². The van der Waals surface area contributed by atoms with Crippen LogP contribution in [0.5, 0.6) is 0 Å².